The molecule has 1 heterocycles. The Morgan fingerprint density at radius 1 is 1.22 bits per heavy atom. The Bertz CT molecular complexity index is 493. The van der Waals surface area contributed by atoms with Crippen molar-refractivity contribution in [2.45, 2.75) is 33.1 Å². The minimum Gasteiger partial charge on any atom is -0.493 e. The van der Waals surface area contributed by atoms with E-state index in [1.165, 1.54) is 19.5 Å². The third-order valence-electron chi connectivity index (χ3n) is 4.42. The Labute approximate surface area is 139 Å². The molecule has 1 aliphatic heterocycles. The van der Waals surface area contributed by atoms with Crippen LogP contribution in [0.15, 0.2) is 18.2 Å². The number of hydrogen-bond acceptors (Lipinski definition) is 4. The summed E-state index contributed by atoms with van der Waals surface area (Å²) >= 11 is 0. The summed E-state index contributed by atoms with van der Waals surface area (Å²) in [7, 11) is 1.59. The van der Waals surface area contributed by atoms with Crippen LogP contribution >= 0.6 is 0 Å². The lowest BCUT2D eigenvalue weighted by atomic mass is 9.92. The largest absolute Gasteiger partial charge is 0.493 e. The van der Waals surface area contributed by atoms with E-state index in [0.29, 0.717) is 23.7 Å². The molecule has 0 N–H and O–H groups in total. The van der Waals surface area contributed by atoms with Crippen LogP contribution in [0.5, 0.6) is 11.5 Å². The fourth-order valence-corrected chi connectivity index (χ4v) is 3.53. The van der Waals surface area contributed by atoms with Crippen molar-refractivity contribution in [2.24, 2.45) is 11.8 Å². The highest BCUT2D eigenvalue weighted by atomic mass is 16.5. The van der Waals surface area contributed by atoms with Gasteiger partial charge in [0.15, 0.2) is 17.8 Å². The van der Waals surface area contributed by atoms with Crippen LogP contribution in [0.2, 0.25) is 0 Å². The van der Waals surface area contributed by atoms with E-state index in [1.807, 2.05) is 6.07 Å². The minimum absolute atomic E-state index is 0.544. The Balaban J connectivity index is 1.74. The van der Waals surface area contributed by atoms with Gasteiger partial charge in [0.25, 0.3) is 0 Å². The molecule has 0 saturated carbocycles. The van der Waals surface area contributed by atoms with Gasteiger partial charge in [0.1, 0.15) is 0 Å². The standard InChI is InChI=1S/C19H29NO3/c1-15-11-16(2)13-20(12-15)9-4-5-10-23-19-17(14-21)7-6-8-18(19)22-3/h6-8,14-16H,4-5,9-13H2,1-3H3/t15-,16+. The van der Waals surface area contributed by atoms with Gasteiger partial charge in [-0.3, -0.25) is 4.79 Å². The number of ether oxygens (including phenoxy) is 2. The maximum Gasteiger partial charge on any atom is 0.171 e. The summed E-state index contributed by atoms with van der Waals surface area (Å²) in [6.45, 7) is 8.85. The van der Waals surface area contributed by atoms with Crippen LogP contribution in [0.1, 0.15) is 43.5 Å². The molecule has 2 rings (SSSR count). The first-order valence-corrected chi connectivity index (χ1v) is 8.61. The average Bonchev–Trinajstić information content (AvgIpc) is 2.53. The predicted octanol–water partition coefficient (Wildman–Crippen LogP) is 3.64. The smallest absolute Gasteiger partial charge is 0.171 e. The van der Waals surface area contributed by atoms with Gasteiger partial charge in [-0.2, -0.15) is 0 Å². The molecule has 1 fully saturated rings. The Hall–Kier alpha value is -1.55. The van der Waals surface area contributed by atoms with Gasteiger partial charge in [0.2, 0.25) is 0 Å². The number of aldehydes is 1. The summed E-state index contributed by atoms with van der Waals surface area (Å²) in [6.07, 6.45) is 4.26. The third-order valence-corrected chi connectivity index (χ3v) is 4.42. The number of carbonyl (C=O) groups excluding carboxylic acids is 1. The Morgan fingerprint density at radius 2 is 1.96 bits per heavy atom. The summed E-state index contributed by atoms with van der Waals surface area (Å²) in [6, 6.07) is 5.37. The first-order valence-electron chi connectivity index (χ1n) is 8.61. The first kappa shape index (κ1) is 17.8. The normalized spacial score (nSPS) is 21.9. The molecular formula is C19H29NO3. The highest BCUT2D eigenvalue weighted by Gasteiger charge is 2.21. The number of unbranched alkanes of at least 4 members (excludes halogenated alkanes) is 1. The molecule has 0 spiro atoms. The molecule has 23 heavy (non-hydrogen) atoms. The molecule has 1 aliphatic rings. The Kier molecular flexibility index (Phi) is 6.90. The molecule has 4 heteroatoms. The molecule has 0 radical (unpaired) electrons. The van der Waals surface area contributed by atoms with Crippen molar-refractivity contribution < 1.29 is 14.3 Å². The minimum atomic E-state index is 0.544. The van der Waals surface area contributed by atoms with Gasteiger partial charge in [-0.1, -0.05) is 19.9 Å². The van der Waals surface area contributed by atoms with E-state index in [4.69, 9.17) is 9.47 Å². The second-order valence-electron chi connectivity index (χ2n) is 6.76. The zero-order valence-electron chi connectivity index (χ0n) is 14.6. The third kappa shape index (κ3) is 5.24. The SMILES string of the molecule is COc1cccc(C=O)c1OCCCCN1C[C@H](C)C[C@H](C)C1. The van der Waals surface area contributed by atoms with Gasteiger partial charge in [-0.05, 0) is 49.8 Å². The van der Waals surface area contributed by atoms with Gasteiger partial charge in [0.05, 0.1) is 19.3 Å². The molecular weight excluding hydrogens is 290 g/mol. The second-order valence-corrected chi connectivity index (χ2v) is 6.76. The first-order chi connectivity index (χ1) is 11.1. The maximum atomic E-state index is 11.1. The molecule has 0 unspecified atom stereocenters. The van der Waals surface area contributed by atoms with Crippen LogP contribution in [-0.4, -0.2) is 44.5 Å². The summed E-state index contributed by atoms with van der Waals surface area (Å²) in [4.78, 5) is 13.7. The highest BCUT2D eigenvalue weighted by molar-refractivity contribution is 5.81. The number of para-hydroxylation sites is 1. The number of piperidine rings is 1. The van der Waals surface area contributed by atoms with E-state index in [9.17, 15) is 4.79 Å². The van der Waals surface area contributed by atoms with Crippen LogP contribution in [0.25, 0.3) is 0 Å². The van der Waals surface area contributed by atoms with Crippen LogP contribution < -0.4 is 9.47 Å². The number of benzene rings is 1. The molecule has 0 bridgehead atoms. The zero-order valence-corrected chi connectivity index (χ0v) is 14.6. The van der Waals surface area contributed by atoms with Gasteiger partial charge >= 0.3 is 0 Å². The van der Waals surface area contributed by atoms with Crippen molar-refractivity contribution >= 4 is 6.29 Å². The van der Waals surface area contributed by atoms with Crippen molar-refractivity contribution in [1.82, 2.24) is 4.90 Å². The summed E-state index contributed by atoms with van der Waals surface area (Å²) < 4.78 is 11.1. The number of nitrogens with zero attached hydrogens (tertiary/aromatic N) is 1. The van der Waals surface area contributed by atoms with Crippen molar-refractivity contribution in [3.8, 4) is 11.5 Å². The quantitative estimate of drug-likeness (QED) is 0.541. The average molecular weight is 319 g/mol. The number of likely N-dealkylation sites (tertiary alicyclic amines) is 1. The summed E-state index contributed by atoms with van der Waals surface area (Å²) in [5.74, 6) is 2.79. The topological polar surface area (TPSA) is 38.8 Å². The van der Waals surface area contributed by atoms with Crippen molar-refractivity contribution in [1.29, 1.82) is 0 Å². The molecule has 128 valence electrons. The van der Waals surface area contributed by atoms with E-state index in [-0.39, 0.29) is 0 Å². The van der Waals surface area contributed by atoms with E-state index in [2.05, 4.69) is 18.7 Å². The molecule has 1 saturated heterocycles. The van der Waals surface area contributed by atoms with Gasteiger partial charge in [0, 0.05) is 13.1 Å². The molecule has 1 aromatic carbocycles. The molecule has 0 amide bonds. The van der Waals surface area contributed by atoms with E-state index in [1.54, 1.807) is 19.2 Å². The van der Waals surface area contributed by atoms with Gasteiger partial charge < -0.3 is 14.4 Å². The van der Waals surface area contributed by atoms with Crippen molar-refractivity contribution in [2.75, 3.05) is 33.4 Å². The fourth-order valence-electron chi connectivity index (χ4n) is 3.53. The highest BCUT2D eigenvalue weighted by Crippen LogP contribution is 2.30. The second kappa shape index (κ2) is 8.92. The molecule has 2 atom stereocenters. The number of rotatable bonds is 8. The van der Waals surface area contributed by atoms with E-state index in [0.717, 1.165) is 37.5 Å². The van der Waals surface area contributed by atoms with Crippen LogP contribution in [0.4, 0.5) is 0 Å². The van der Waals surface area contributed by atoms with Gasteiger partial charge in [-0.15, -0.1) is 0 Å². The Morgan fingerprint density at radius 3 is 2.61 bits per heavy atom. The lowest BCUT2D eigenvalue weighted by Crippen LogP contribution is -2.39. The van der Waals surface area contributed by atoms with Crippen molar-refractivity contribution in [3.05, 3.63) is 23.8 Å². The lowest BCUT2D eigenvalue weighted by Gasteiger charge is -2.34. The number of methoxy groups -OCH3 is 1. The molecule has 4 nitrogen and oxygen atoms in total. The molecule has 0 aliphatic carbocycles. The lowest BCUT2D eigenvalue weighted by molar-refractivity contribution is 0.111. The monoisotopic (exact) mass is 319 g/mol. The van der Waals surface area contributed by atoms with Crippen LogP contribution in [0.3, 0.4) is 0 Å². The van der Waals surface area contributed by atoms with Crippen molar-refractivity contribution in [3.63, 3.8) is 0 Å². The molecule has 1 aromatic rings. The summed E-state index contributed by atoms with van der Waals surface area (Å²) in [5.41, 5.74) is 0.544. The predicted molar refractivity (Wildman–Crippen MR) is 92.5 cm³/mol. The number of hydrogen-bond donors (Lipinski definition) is 0. The van der Waals surface area contributed by atoms with E-state index >= 15 is 0 Å². The molecule has 0 aromatic heterocycles. The number of carbonyl (C=O) groups is 1. The van der Waals surface area contributed by atoms with Crippen LogP contribution in [-0.2, 0) is 0 Å². The zero-order chi connectivity index (χ0) is 16.7. The van der Waals surface area contributed by atoms with E-state index < -0.39 is 0 Å². The van der Waals surface area contributed by atoms with Crippen LogP contribution in [0, 0.1) is 11.8 Å². The van der Waals surface area contributed by atoms with Gasteiger partial charge in [-0.25, -0.2) is 0 Å². The fraction of sp³-hybridized carbons (Fsp3) is 0.632. The maximum absolute atomic E-state index is 11.1. The summed E-state index contributed by atoms with van der Waals surface area (Å²) in [5, 5.41) is 0.